The molecule has 0 saturated carbocycles. The van der Waals surface area contributed by atoms with E-state index < -0.39 is 0 Å². The number of rotatable bonds is 6. The Bertz CT molecular complexity index is 329. The largest absolute Gasteiger partial charge is 0.311 e. The second kappa shape index (κ2) is 6.62. The maximum atomic E-state index is 4.32. The van der Waals surface area contributed by atoms with Crippen LogP contribution in [0.5, 0.6) is 0 Å². The molecule has 0 aliphatic rings. The Balaban J connectivity index is 2.29. The zero-order valence-corrected chi connectivity index (χ0v) is 12.5. The minimum absolute atomic E-state index is 0.238. The maximum Gasteiger partial charge on any atom is 0.110 e. The topological polar surface area (TPSA) is 24.9 Å². The van der Waals surface area contributed by atoms with E-state index in [-0.39, 0.29) is 5.54 Å². The zero-order chi connectivity index (χ0) is 12.0. The highest BCUT2D eigenvalue weighted by Crippen LogP contribution is 2.24. The molecule has 1 aromatic rings. The van der Waals surface area contributed by atoms with Crippen LogP contribution in [0.15, 0.2) is 27.8 Å². The summed E-state index contributed by atoms with van der Waals surface area (Å²) in [5.74, 6) is 1.04. The lowest BCUT2D eigenvalue weighted by molar-refractivity contribution is 0.388. The number of thioether (sulfide) groups is 1. The summed E-state index contributed by atoms with van der Waals surface area (Å²) in [5, 5.41) is 4.60. The molecule has 0 fully saturated rings. The first-order chi connectivity index (χ1) is 7.55. The van der Waals surface area contributed by atoms with E-state index in [4.69, 9.17) is 0 Å². The number of hydrogen-bond acceptors (Lipinski definition) is 3. The summed E-state index contributed by atoms with van der Waals surface area (Å²) in [6, 6.07) is 3.96. The van der Waals surface area contributed by atoms with Crippen LogP contribution in [0.3, 0.4) is 0 Å². The van der Waals surface area contributed by atoms with E-state index in [0.717, 1.165) is 28.2 Å². The molecule has 0 aliphatic carbocycles. The summed E-state index contributed by atoms with van der Waals surface area (Å²) in [4.78, 5) is 4.32. The Hall–Kier alpha value is -0.0600. The van der Waals surface area contributed by atoms with Gasteiger partial charge in [-0.2, -0.15) is 0 Å². The summed E-state index contributed by atoms with van der Waals surface area (Å²) in [6.45, 7) is 7.67. The van der Waals surface area contributed by atoms with Crippen molar-refractivity contribution in [1.82, 2.24) is 10.3 Å². The third-order valence-electron chi connectivity index (χ3n) is 2.55. The van der Waals surface area contributed by atoms with Gasteiger partial charge >= 0.3 is 0 Å². The number of hydrogen-bond donors (Lipinski definition) is 1. The first-order valence-electron chi connectivity index (χ1n) is 5.53. The Morgan fingerprint density at radius 2 is 2.25 bits per heavy atom. The molecule has 0 amide bonds. The first kappa shape index (κ1) is 14.0. The molecule has 0 radical (unpaired) electrons. The number of aromatic nitrogens is 1. The van der Waals surface area contributed by atoms with Gasteiger partial charge in [-0.25, -0.2) is 4.98 Å². The van der Waals surface area contributed by atoms with Crippen LogP contribution in [0.4, 0.5) is 0 Å². The van der Waals surface area contributed by atoms with Crippen molar-refractivity contribution >= 4 is 27.7 Å². The van der Waals surface area contributed by atoms with Gasteiger partial charge in [0.05, 0.1) is 0 Å². The second-order valence-electron chi connectivity index (χ2n) is 4.30. The lowest BCUT2D eigenvalue weighted by atomic mass is 10.0. The fraction of sp³-hybridized carbons (Fsp3) is 0.583. The summed E-state index contributed by atoms with van der Waals surface area (Å²) < 4.78 is 1.08. The van der Waals surface area contributed by atoms with Gasteiger partial charge in [-0.1, -0.05) is 6.92 Å². The molecule has 0 unspecified atom stereocenters. The zero-order valence-electron chi connectivity index (χ0n) is 10.1. The molecule has 16 heavy (non-hydrogen) atoms. The molecule has 90 valence electrons. The number of pyridine rings is 1. The molecular weight excluding hydrogens is 284 g/mol. The fourth-order valence-corrected chi connectivity index (χ4v) is 2.48. The van der Waals surface area contributed by atoms with Crippen molar-refractivity contribution in [3.05, 3.63) is 22.8 Å². The average molecular weight is 303 g/mol. The first-order valence-corrected chi connectivity index (χ1v) is 7.31. The SMILES string of the molecule is CCC(C)(C)NCCSc1ncccc1Br. The monoisotopic (exact) mass is 302 g/mol. The summed E-state index contributed by atoms with van der Waals surface area (Å²) in [6.07, 6.45) is 2.97. The normalized spacial score (nSPS) is 11.8. The molecule has 0 spiro atoms. The quantitative estimate of drug-likeness (QED) is 0.640. The minimum atomic E-state index is 0.238. The van der Waals surface area contributed by atoms with Crippen molar-refractivity contribution in [2.75, 3.05) is 12.3 Å². The van der Waals surface area contributed by atoms with Crippen LogP contribution < -0.4 is 5.32 Å². The van der Waals surface area contributed by atoms with Crippen LogP contribution >= 0.6 is 27.7 Å². The van der Waals surface area contributed by atoms with Crippen LogP contribution in [-0.2, 0) is 0 Å². The molecule has 0 aliphatic heterocycles. The molecule has 0 atom stereocenters. The van der Waals surface area contributed by atoms with Crippen LogP contribution in [-0.4, -0.2) is 22.8 Å². The lowest BCUT2D eigenvalue weighted by Crippen LogP contribution is -2.39. The standard InChI is InChI=1S/C12H19BrN2S/c1-4-12(2,3)15-8-9-16-11-10(13)6-5-7-14-11/h5-7,15H,4,8-9H2,1-3H3. The van der Waals surface area contributed by atoms with Gasteiger partial charge in [0.1, 0.15) is 5.03 Å². The summed E-state index contributed by atoms with van der Waals surface area (Å²) in [7, 11) is 0. The van der Waals surface area contributed by atoms with Crippen molar-refractivity contribution in [3.8, 4) is 0 Å². The van der Waals surface area contributed by atoms with Gasteiger partial charge in [0.15, 0.2) is 0 Å². The Labute approximate surface area is 111 Å². The van der Waals surface area contributed by atoms with Crippen molar-refractivity contribution in [2.24, 2.45) is 0 Å². The fourth-order valence-electron chi connectivity index (χ4n) is 1.14. The molecule has 0 bridgehead atoms. The highest BCUT2D eigenvalue weighted by atomic mass is 79.9. The Morgan fingerprint density at radius 1 is 1.50 bits per heavy atom. The predicted molar refractivity (Wildman–Crippen MR) is 75.0 cm³/mol. The van der Waals surface area contributed by atoms with Gasteiger partial charge in [0.2, 0.25) is 0 Å². The number of nitrogens with zero attached hydrogens (tertiary/aromatic N) is 1. The van der Waals surface area contributed by atoms with Gasteiger partial charge < -0.3 is 5.32 Å². The Kier molecular flexibility index (Phi) is 5.79. The molecule has 2 nitrogen and oxygen atoms in total. The van der Waals surface area contributed by atoms with Gasteiger partial charge in [-0.15, -0.1) is 11.8 Å². The van der Waals surface area contributed by atoms with Crippen molar-refractivity contribution in [3.63, 3.8) is 0 Å². The van der Waals surface area contributed by atoms with Gasteiger partial charge in [0, 0.05) is 28.5 Å². The van der Waals surface area contributed by atoms with Gasteiger partial charge in [0.25, 0.3) is 0 Å². The van der Waals surface area contributed by atoms with Crippen molar-refractivity contribution in [2.45, 2.75) is 37.8 Å². The van der Waals surface area contributed by atoms with Gasteiger partial charge in [-0.3, -0.25) is 0 Å². The minimum Gasteiger partial charge on any atom is -0.311 e. The number of nitrogens with one attached hydrogen (secondary N) is 1. The van der Waals surface area contributed by atoms with E-state index in [9.17, 15) is 0 Å². The van der Waals surface area contributed by atoms with E-state index >= 15 is 0 Å². The Morgan fingerprint density at radius 3 is 2.88 bits per heavy atom. The van der Waals surface area contributed by atoms with Crippen LogP contribution in [0, 0.1) is 0 Å². The third-order valence-corrected chi connectivity index (χ3v) is 4.46. The molecule has 4 heteroatoms. The van der Waals surface area contributed by atoms with E-state index in [1.54, 1.807) is 11.8 Å². The van der Waals surface area contributed by atoms with E-state index in [1.165, 1.54) is 0 Å². The molecular formula is C12H19BrN2S. The predicted octanol–water partition coefficient (Wildman–Crippen LogP) is 3.71. The van der Waals surface area contributed by atoms with E-state index in [2.05, 4.69) is 47.0 Å². The van der Waals surface area contributed by atoms with E-state index in [0.29, 0.717) is 0 Å². The highest BCUT2D eigenvalue weighted by Gasteiger charge is 2.12. The molecule has 0 aromatic carbocycles. The van der Waals surface area contributed by atoms with Crippen LogP contribution in [0.1, 0.15) is 27.2 Å². The molecule has 1 rings (SSSR count). The summed E-state index contributed by atoms with van der Waals surface area (Å²) in [5.41, 5.74) is 0.238. The van der Waals surface area contributed by atoms with E-state index in [1.807, 2.05) is 18.3 Å². The summed E-state index contributed by atoms with van der Waals surface area (Å²) >= 11 is 5.28. The second-order valence-corrected chi connectivity index (χ2v) is 6.24. The average Bonchev–Trinajstić information content (AvgIpc) is 2.27. The smallest absolute Gasteiger partial charge is 0.110 e. The van der Waals surface area contributed by atoms with Crippen molar-refractivity contribution in [1.29, 1.82) is 0 Å². The highest BCUT2D eigenvalue weighted by molar-refractivity contribution is 9.10. The molecule has 1 heterocycles. The van der Waals surface area contributed by atoms with Gasteiger partial charge in [-0.05, 0) is 48.3 Å². The maximum absolute atomic E-state index is 4.32. The van der Waals surface area contributed by atoms with Crippen LogP contribution in [0.2, 0.25) is 0 Å². The lowest BCUT2D eigenvalue weighted by Gasteiger charge is -2.24. The van der Waals surface area contributed by atoms with Crippen LogP contribution in [0.25, 0.3) is 0 Å². The molecule has 1 aromatic heterocycles. The molecule has 0 saturated heterocycles. The molecule has 1 N–H and O–H groups in total. The third kappa shape index (κ3) is 4.85. The number of halogens is 1. The van der Waals surface area contributed by atoms with Crippen molar-refractivity contribution < 1.29 is 0 Å².